The van der Waals surface area contributed by atoms with E-state index in [1.807, 2.05) is 66.9 Å². The number of rotatable bonds is 2. The van der Waals surface area contributed by atoms with Gasteiger partial charge in [0.1, 0.15) is 5.60 Å². The molecule has 1 atom stereocenters. The number of piperazine rings is 1. The normalized spacial score (nSPS) is 18.5. The zero-order chi connectivity index (χ0) is 17.2. The summed E-state index contributed by atoms with van der Waals surface area (Å²) in [5.74, 6) is 0. The maximum atomic E-state index is 12.6. The summed E-state index contributed by atoms with van der Waals surface area (Å²) in [6, 6.07) is 9.84. The number of benzene rings is 1. The van der Waals surface area contributed by atoms with Gasteiger partial charge < -0.3 is 10.1 Å². The van der Waals surface area contributed by atoms with E-state index in [2.05, 4.69) is 10.4 Å². The maximum absolute atomic E-state index is 12.6. The first-order valence-electron chi connectivity index (χ1n) is 8.25. The van der Waals surface area contributed by atoms with Gasteiger partial charge in [-0.3, -0.25) is 4.90 Å². The largest absolute Gasteiger partial charge is 0.444 e. The van der Waals surface area contributed by atoms with Crippen LogP contribution in [0, 0.1) is 0 Å². The topological polar surface area (TPSA) is 59.4 Å². The highest BCUT2D eigenvalue weighted by Gasteiger charge is 2.32. The molecule has 128 valence electrons. The van der Waals surface area contributed by atoms with Gasteiger partial charge in [-0.05, 0) is 32.9 Å². The third-order valence-electron chi connectivity index (χ3n) is 3.92. The molecule has 1 saturated heterocycles. The molecular weight excluding hydrogens is 304 g/mol. The lowest BCUT2D eigenvalue weighted by atomic mass is 10.0. The number of nitrogens with zero attached hydrogens (tertiary/aromatic N) is 3. The summed E-state index contributed by atoms with van der Waals surface area (Å²) in [6.45, 7) is 7.74. The van der Waals surface area contributed by atoms with Gasteiger partial charge >= 0.3 is 6.09 Å². The van der Waals surface area contributed by atoms with Gasteiger partial charge in [0.2, 0.25) is 0 Å². The Bertz CT molecular complexity index is 691. The third kappa shape index (κ3) is 3.59. The number of carbonyl (C=O) groups excluding carboxylic acids is 1. The molecule has 1 amide bonds. The van der Waals surface area contributed by atoms with E-state index >= 15 is 0 Å². The summed E-state index contributed by atoms with van der Waals surface area (Å²) in [5, 5.41) is 7.71. The molecule has 1 aliphatic rings. The van der Waals surface area contributed by atoms with Gasteiger partial charge in [-0.15, -0.1) is 0 Å². The minimum atomic E-state index is -0.506. The predicted octanol–water partition coefficient (Wildman–Crippen LogP) is 2.75. The zero-order valence-electron chi connectivity index (χ0n) is 14.4. The highest BCUT2D eigenvalue weighted by atomic mass is 16.6. The van der Waals surface area contributed by atoms with E-state index < -0.39 is 5.60 Å². The van der Waals surface area contributed by atoms with Crippen LogP contribution in [0.5, 0.6) is 0 Å². The van der Waals surface area contributed by atoms with Crippen molar-refractivity contribution in [3.05, 3.63) is 48.3 Å². The summed E-state index contributed by atoms with van der Waals surface area (Å²) < 4.78 is 7.43. The SMILES string of the molecule is CC(C)(C)OC(=O)N1CCNCC1c1ccccc1-n1cccn1. The summed E-state index contributed by atoms with van der Waals surface area (Å²) in [6.07, 6.45) is 3.39. The van der Waals surface area contributed by atoms with Crippen molar-refractivity contribution in [2.24, 2.45) is 0 Å². The number of hydrogen-bond acceptors (Lipinski definition) is 4. The summed E-state index contributed by atoms with van der Waals surface area (Å²) in [5.41, 5.74) is 1.53. The molecular formula is C18H24N4O2. The fourth-order valence-electron chi connectivity index (χ4n) is 2.91. The molecule has 1 unspecified atom stereocenters. The van der Waals surface area contributed by atoms with Crippen molar-refractivity contribution in [1.29, 1.82) is 0 Å². The quantitative estimate of drug-likeness (QED) is 0.921. The van der Waals surface area contributed by atoms with Gasteiger partial charge in [0.25, 0.3) is 0 Å². The van der Waals surface area contributed by atoms with Crippen LogP contribution in [-0.2, 0) is 4.74 Å². The lowest BCUT2D eigenvalue weighted by Gasteiger charge is -2.38. The third-order valence-corrected chi connectivity index (χ3v) is 3.92. The Hall–Kier alpha value is -2.34. The second kappa shape index (κ2) is 6.65. The van der Waals surface area contributed by atoms with Crippen LogP contribution >= 0.6 is 0 Å². The van der Waals surface area contributed by atoms with E-state index in [0.29, 0.717) is 13.1 Å². The van der Waals surface area contributed by atoms with Gasteiger partial charge in [0.05, 0.1) is 11.7 Å². The fourth-order valence-corrected chi connectivity index (χ4v) is 2.91. The molecule has 6 nitrogen and oxygen atoms in total. The molecule has 3 rings (SSSR count). The van der Waals surface area contributed by atoms with E-state index in [0.717, 1.165) is 17.8 Å². The van der Waals surface area contributed by atoms with Crippen LogP contribution in [0.25, 0.3) is 5.69 Å². The second-order valence-corrected chi connectivity index (χ2v) is 6.90. The van der Waals surface area contributed by atoms with Crippen molar-refractivity contribution < 1.29 is 9.53 Å². The molecule has 6 heteroatoms. The molecule has 0 aliphatic carbocycles. The van der Waals surface area contributed by atoms with Crippen LogP contribution in [0.15, 0.2) is 42.7 Å². The monoisotopic (exact) mass is 328 g/mol. The predicted molar refractivity (Wildman–Crippen MR) is 92.1 cm³/mol. The molecule has 2 heterocycles. The van der Waals surface area contributed by atoms with Crippen molar-refractivity contribution in [1.82, 2.24) is 20.0 Å². The molecule has 0 radical (unpaired) electrons. The van der Waals surface area contributed by atoms with Crippen molar-refractivity contribution >= 4 is 6.09 Å². The average molecular weight is 328 g/mol. The molecule has 1 N–H and O–H groups in total. The highest BCUT2D eigenvalue weighted by Crippen LogP contribution is 2.28. The number of carbonyl (C=O) groups is 1. The van der Waals surface area contributed by atoms with Crippen molar-refractivity contribution in [3.8, 4) is 5.69 Å². The Morgan fingerprint density at radius 1 is 1.29 bits per heavy atom. The number of ether oxygens (including phenoxy) is 1. The average Bonchev–Trinajstić information content (AvgIpc) is 3.07. The van der Waals surface area contributed by atoms with Gasteiger partial charge in [-0.25, -0.2) is 9.48 Å². The summed E-state index contributed by atoms with van der Waals surface area (Å²) in [4.78, 5) is 14.5. The van der Waals surface area contributed by atoms with E-state index in [1.165, 1.54) is 0 Å². The Kier molecular flexibility index (Phi) is 4.57. The lowest BCUT2D eigenvalue weighted by Crippen LogP contribution is -2.50. The first-order valence-corrected chi connectivity index (χ1v) is 8.25. The molecule has 1 fully saturated rings. The number of aromatic nitrogens is 2. The Morgan fingerprint density at radius 3 is 2.79 bits per heavy atom. The van der Waals surface area contributed by atoms with Crippen LogP contribution in [0.4, 0.5) is 4.79 Å². The molecule has 0 spiro atoms. The second-order valence-electron chi connectivity index (χ2n) is 6.90. The minimum absolute atomic E-state index is 0.0889. The van der Waals surface area contributed by atoms with Gasteiger partial charge in [-0.2, -0.15) is 5.10 Å². The molecule has 1 aromatic heterocycles. The number of para-hydroxylation sites is 1. The Labute approximate surface area is 142 Å². The number of hydrogen-bond donors (Lipinski definition) is 1. The van der Waals surface area contributed by atoms with Crippen LogP contribution < -0.4 is 5.32 Å². The van der Waals surface area contributed by atoms with E-state index in [-0.39, 0.29) is 12.1 Å². The maximum Gasteiger partial charge on any atom is 0.410 e. The van der Waals surface area contributed by atoms with Gasteiger partial charge in [-0.1, -0.05) is 18.2 Å². The van der Waals surface area contributed by atoms with Crippen molar-refractivity contribution in [2.45, 2.75) is 32.4 Å². The molecule has 1 aromatic carbocycles. The van der Waals surface area contributed by atoms with Crippen molar-refractivity contribution in [3.63, 3.8) is 0 Å². The van der Waals surface area contributed by atoms with Crippen molar-refractivity contribution in [2.75, 3.05) is 19.6 Å². The molecule has 24 heavy (non-hydrogen) atoms. The minimum Gasteiger partial charge on any atom is -0.444 e. The molecule has 0 saturated carbocycles. The van der Waals surface area contributed by atoms with E-state index in [9.17, 15) is 4.79 Å². The number of nitrogens with one attached hydrogen (secondary N) is 1. The smallest absolute Gasteiger partial charge is 0.410 e. The first kappa shape index (κ1) is 16.5. The molecule has 1 aliphatic heterocycles. The Morgan fingerprint density at radius 2 is 2.08 bits per heavy atom. The Balaban J connectivity index is 1.93. The van der Waals surface area contributed by atoms with Crippen LogP contribution in [0.3, 0.4) is 0 Å². The molecule has 0 bridgehead atoms. The first-order chi connectivity index (χ1) is 11.5. The van der Waals surface area contributed by atoms with E-state index in [1.54, 1.807) is 6.20 Å². The lowest BCUT2D eigenvalue weighted by molar-refractivity contribution is 0.0118. The van der Waals surface area contributed by atoms with Crippen LogP contribution in [-0.4, -0.2) is 46.0 Å². The summed E-state index contributed by atoms with van der Waals surface area (Å²) in [7, 11) is 0. The standard InChI is InChI=1S/C18H24N4O2/c1-18(2,3)24-17(23)21-12-10-19-13-16(21)14-7-4-5-8-15(14)22-11-6-9-20-22/h4-9,11,16,19H,10,12-13H2,1-3H3. The zero-order valence-corrected chi connectivity index (χ0v) is 14.4. The van der Waals surface area contributed by atoms with Crippen LogP contribution in [0.2, 0.25) is 0 Å². The summed E-state index contributed by atoms with van der Waals surface area (Å²) >= 11 is 0. The van der Waals surface area contributed by atoms with Gasteiger partial charge in [0.15, 0.2) is 0 Å². The van der Waals surface area contributed by atoms with Gasteiger partial charge in [0, 0.05) is 37.6 Å². The highest BCUT2D eigenvalue weighted by molar-refractivity contribution is 5.69. The van der Waals surface area contributed by atoms with E-state index in [4.69, 9.17) is 4.74 Å². The number of amides is 1. The fraction of sp³-hybridized carbons (Fsp3) is 0.444. The van der Waals surface area contributed by atoms with Crippen LogP contribution in [0.1, 0.15) is 32.4 Å². The molecule has 2 aromatic rings.